The molecule has 2 aliphatic heterocycles. The van der Waals surface area contributed by atoms with Crippen LogP contribution in [-0.2, 0) is 9.53 Å². The Morgan fingerprint density at radius 3 is 2.47 bits per heavy atom. The Morgan fingerprint density at radius 2 is 1.85 bits per heavy atom. The average molecular weight is 460 g/mol. The van der Waals surface area contributed by atoms with Crippen molar-refractivity contribution in [2.24, 2.45) is 11.8 Å². The minimum atomic E-state index is -0.0943. The van der Waals surface area contributed by atoms with Crippen molar-refractivity contribution < 1.29 is 14.3 Å². The van der Waals surface area contributed by atoms with Gasteiger partial charge in [0.05, 0.1) is 19.3 Å². The molecule has 5 rings (SSSR count). The number of hydrogen-bond donors (Lipinski definition) is 2. The number of fused-ring (bicyclic) bond motifs is 1. The Kier molecular flexibility index (Phi) is 6.17. The van der Waals surface area contributed by atoms with Gasteiger partial charge in [-0.2, -0.15) is 0 Å². The summed E-state index contributed by atoms with van der Waals surface area (Å²) in [6.07, 6.45) is 5.40. The summed E-state index contributed by atoms with van der Waals surface area (Å²) in [5, 5.41) is 6.43. The predicted molar refractivity (Wildman–Crippen MR) is 135 cm³/mol. The van der Waals surface area contributed by atoms with Crippen LogP contribution in [-0.4, -0.2) is 38.1 Å². The molecule has 1 fully saturated rings. The molecule has 3 atom stereocenters. The number of hydrogen-bond acceptors (Lipinski definition) is 4. The van der Waals surface area contributed by atoms with E-state index in [0.717, 1.165) is 30.0 Å². The molecule has 1 aliphatic carbocycles. The molecule has 178 valence electrons. The van der Waals surface area contributed by atoms with Gasteiger partial charge in [0.15, 0.2) is 0 Å². The highest BCUT2D eigenvalue weighted by molar-refractivity contribution is 5.95. The van der Waals surface area contributed by atoms with Crippen molar-refractivity contribution >= 4 is 28.8 Å². The molecule has 6 heteroatoms. The molecule has 34 heavy (non-hydrogen) atoms. The average Bonchev–Trinajstić information content (AvgIpc) is 3.70. The standard InChI is InChI=1S/C28H33N3O3/c1-17-26(30-23-9-6-21(7-10-23)28(33)29-3)24-16-22(19-12-14-34-15-13-19)8-11-25(24)31(18(2)32)27(17)20-4-5-20/h6-12,16-17,20,26-27,30H,4-5,13-15H2,1-3H3,(H,29,33)/t17-,26?,27-/m1/s1. The second kappa shape index (κ2) is 9.26. The molecule has 0 saturated heterocycles. The summed E-state index contributed by atoms with van der Waals surface area (Å²) in [5.74, 6) is 0.797. The fourth-order valence-electron chi connectivity index (χ4n) is 5.60. The molecule has 3 aliphatic rings. The van der Waals surface area contributed by atoms with Gasteiger partial charge in [-0.3, -0.25) is 9.59 Å². The predicted octanol–water partition coefficient (Wildman–Crippen LogP) is 4.78. The number of nitrogens with zero attached hydrogens (tertiary/aromatic N) is 1. The lowest BCUT2D eigenvalue weighted by Crippen LogP contribution is -2.51. The molecule has 1 saturated carbocycles. The maximum absolute atomic E-state index is 12.9. The first-order chi connectivity index (χ1) is 16.5. The largest absolute Gasteiger partial charge is 0.378 e. The zero-order valence-corrected chi connectivity index (χ0v) is 20.1. The first-order valence-corrected chi connectivity index (χ1v) is 12.3. The maximum Gasteiger partial charge on any atom is 0.251 e. The highest BCUT2D eigenvalue weighted by atomic mass is 16.5. The van der Waals surface area contributed by atoms with Gasteiger partial charge < -0.3 is 20.3 Å². The van der Waals surface area contributed by atoms with Crippen LogP contribution < -0.4 is 15.5 Å². The van der Waals surface area contributed by atoms with Gasteiger partial charge in [-0.05, 0) is 78.3 Å². The van der Waals surface area contributed by atoms with Crippen LogP contribution in [0.25, 0.3) is 5.57 Å². The molecular weight excluding hydrogens is 426 g/mol. The van der Waals surface area contributed by atoms with Crippen LogP contribution in [0.1, 0.15) is 60.6 Å². The van der Waals surface area contributed by atoms with Gasteiger partial charge in [-0.15, -0.1) is 0 Å². The van der Waals surface area contributed by atoms with Crippen molar-refractivity contribution in [2.75, 3.05) is 30.5 Å². The second-order valence-electron chi connectivity index (χ2n) is 9.68. The van der Waals surface area contributed by atoms with Gasteiger partial charge in [-0.1, -0.05) is 19.1 Å². The molecule has 0 spiro atoms. The minimum Gasteiger partial charge on any atom is -0.378 e. The summed E-state index contributed by atoms with van der Waals surface area (Å²) in [6, 6.07) is 14.4. The third-order valence-corrected chi connectivity index (χ3v) is 7.46. The van der Waals surface area contributed by atoms with Gasteiger partial charge in [0.1, 0.15) is 0 Å². The van der Waals surface area contributed by atoms with E-state index in [1.54, 1.807) is 14.0 Å². The van der Waals surface area contributed by atoms with E-state index in [1.165, 1.54) is 24.0 Å². The van der Waals surface area contributed by atoms with Gasteiger partial charge >= 0.3 is 0 Å². The quantitative estimate of drug-likeness (QED) is 0.675. The molecule has 1 unspecified atom stereocenters. The summed E-state index contributed by atoms with van der Waals surface area (Å²) in [5.41, 5.74) is 6.27. The van der Waals surface area contributed by atoms with Gasteiger partial charge in [0, 0.05) is 42.9 Å². The van der Waals surface area contributed by atoms with Crippen molar-refractivity contribution in [3.63, 3.8) is 0 Å². The van der Waals surface area contributed by atoms with E-state index in [9.17, 15) is 9.59 Å². The van der Waals surface area contributed by atoms with Crippen molar-refractivity contribution in [3.8, 4) is 0 Å². The molecule has 2 aromatic rings. The molecule has 2 aromatic carbocycles. The Bertz CT molecular complexity index is 1120. The van der Waals surface area contributed by atoms with Crippen LogP contribution in [0.5, 0.6) is 0 Å². The maximum atomic E-state index is 12.9. The van der Waals surface area contributed by atoms with Crippen LogP contribution in [0.15, 0.2) is 48.5 Å². The van der Waals surface area contributed by atoms with E-state index in [0.29, 0.717) is 18.1 Å². The van der Waals surface area contributed by atoms with Gasteiger partial charge in [0.2, 0.25) is 5.91 Å². The van der Waals surface area contributed by atoms with Crippen molar-refractivity contribution in [2.45, 2.75) is 45.2 Å². The molecular formula is C28H33N3O3. The lowest BCUT2D eigenvalue weighted by atomic mass is 9.79. The SMILES string of the molecule is CNC(=O)c1ccc(NC2c3cc(C4=CCOCC4)ccc3N(C(C)=O)[C@@H](C3CC3)[C@@H]2C)cc1. The van der Waals surface area contributed by atoms with E-state index in [4.69, 9.17) is 4.74 Å². The van der Waals surface area contributed by atoms with Crippen LogP contribution in [0, 0.1) is 11.8 Å². The second-order valence-corrected chi connectivity index (χ2v) is 9.68. The lowest BCUT2D eigenvalue weighted by Gasteiger charge is -2.46. The Balaban J connectivity index is 1.55. The van der Waals surface area contributed by atoms with Crippen molar-refractivity contribution in [1.82, 2.24) is 5.32 Å². The van der Waals surface area contributed by atoms with Crippen molar-refractivity contribution in [1.29, 1.82) is 0 Å². The number of nitrogens with one attached hydrogen (secondary N) is 2. The van der Waals surface area contributed by atoms with Crippen LogP contribution in [0.2, 0.25) is 0 Å². The summed E-state index contributed by atoms with van der Waals surface area (Å²) in [6.45, 7) is 5.33. The van der Waals surface area contributed by atoms with Gasteiger partial charge in [-0.25, -0.2) is 0 Å². The van der Waals surface area contributed by atoms with E-state index in [-0.39, 0.29) is 29.8 Å². The number of ether oxygens (including phenoxy) is 1. The normalized spacial score (nSPS) is 24.1. The van der Waals surface area contributed by atoms with Crippen LogP contribution >= 0.6 is 0 Å². The Hall–Kier alpha value is -3.12. The van der Waals surface area contributed by atoms with E-state index in [1.807, 2.05) is 29.2 Å². The first-order valence-electron chi connectivity index (χ1n) is 12.3. The number of anilines is 2. The molecule has 0 radical (unpaired) electrons. The van der Waals surface area contributed by atoms with Crippen molar-refractivity contribution in [3.05, 3.63) is 65.2 Å². The third-order valence-electron chi connectivity index (χ3n) is 7.46. The summed E-state index contributed by atoms with van der Waals surface area (Å²) in [7, 11) is 1.64. The summed E-state index contributed by atoms with van der Waals surface area (Å²) >= 11 is 0. The van der Waals surface area contributed by atoms with E-state index in [2.05, 4.69) is 41.8 Å². The zero-order chi connectivity index (χ0) is 23.8. The molecule has 2 heterocycles. The number of benzene rings is 2. The number of amides is 2. The number of carbonyl (C=O) groups excluding carboxylic acids is 2. The molecule has 2 amide bonds. The minimum absolute atomic E-state index is 0.0578. The van der Waals surface area contributed by atoms with Crippen LogP contribution in [0.4, 0.5) is 11.4 Å². The highest BCUT2D eigenvalue weighted by Gasteiger charge is 2.47. The zero-order valence-electron chi connectivity index (χ0n) is 20.1. The number of rotatable bonds is 5. The smallest absolute Gasteiger partial charge is 0.251 e. The molecule has 6 nitrogen and oxygen atoms in total. The lowest BCUT2D eigenvalue weighted by molar-refractivity contribution is -0.117. The fourth-order valence-corrected chi connectivity index (χ4v) is 5.60. The first kappa shape index (κ1) is 22.7. The fraction of sp³-hybridized carbons (Fsp3) is 0.429. The Labute approximate surface area is 201 Å². The third kappa shape index (κ3) is 4.23. The van der Waals surface area contributed by atoms with Gasteiger partial charge in [0.25, 0.3) is 5.91 Å². The highest BCUT2D eigenvalue weighted by Crippen LogP contribution is 2.50. The molecule has 0 aromatic heterocycles. The summed E-state index contributed by atoms with van der Waals surface area (Å²) < 4.78 is 5.51. The van der Waals surface area contributed by atoms with Crippen LogP contribution in [0.3, 0.4) is 0 Å². The topological polar surface area (TPSA) is 70.7 Å². The molecule has 0 bridgehead atoms. The monoisotopic (exact) mass is 459 g/mol. The van der Waals surface area contributed by atoms with E-state index >= 15 is 0 Å². The molecule has 2 N–H and O–H groups in total. The number of carbonyl (C=O) groups is 2. The summed E-state index contributed by atoms with van der Waals surface area (Å²) in [4.78, 5) is 26.9. The van der Waals surface area contributed by atoms with E-state index < -0.39 is 0 Å². The Morgan fingerprint density at radius 1 is 1.09 bits per heavy atom.